The molecule has 3 heterocycles. The highest BCUT2D eigenvalue weighted by Gasteiger charge is 2.42. The van der Waals surface area contributed by atoms with E-state index in [1.165, 1.54) is 17.4 Å². The van der Waals surface area contributed by atoms with Crippen molar-refractivity contribution in [2.75, 3.05) is 26.3 Å². The number of fused-ring (bicyclic) bond motifs is 1. The molecule has 1 saturated carbocycles. The van der Waals surface area contributed by atoms with Crippen LogP contribution in [0.3, 0.4) is 0 Å². The van der Waals surface area contributed by atoms with Gasteiger partial charge in [-0.1, -0.05) is 12.1 Å². The van der Waals surface area contributed by atoms with Gasteiger partial charge in [0.15, 0.2) is 5.58 Å². The lowest BCUT2D eigenvalue weighted by Gasteiger charge is -2.46. The van der Waals surface area contributed by atoms with Crippen LogP contribution in [0.2, 0.25) is 0 Å². The smallest absolute Gasteiger partial charge is 0.408 e. The molecule has 3 aliphatic rings. The average molecular weight is 400 g/mol. The van der Waals surface area contributed by atoms with E-state index < -0.39 is 5.76 Å². The van der Waals surface area contributed by atoms with Crippen LogP contribution in [0, 0.1) is 5.92 Å². The fourth-order valence-electron chi connectivity index (χ4n) is 4.59. The molecule has 156 valence electrons. The number of ether oxygens (including phenoxy) is 2. The molecule has 2 aliphatic heterocycles. The molecule has 3 fully saturated rings. The second-order valence-electron chi connectivity index (χ2n) is 8.73. The normalized spacial score (nSPS) is 24.3. The van der Waals surface area contributed by atoms with E-state index in [0.717, 1.165) is 44.8 Å². The Bertz CT molecular complexity index is 936. The van der Waals surface area contributed by atoms with Gasteiger partial charge < -0.3 is 18.8 Å². The summed E-state index contributed by atoms with van der Waals surface area (Å²) in [6.45, 7) is 2.94. The van der Waals surface area contributed by atoms with E-state index in [4.69, 9.17) is 13.9 Å². The maximum absolute atomic E-state index is 12.8. The highest BCUT2D eigenvalue weighted by atomic mass is 16.5. The molecule has 1 amide bonds. The Morgan fingerprint density at radius 3 is 2.76 bits per heavy atom. The van der Waals surface area contributed by atoms with Crippen LogP contribution in [0.15, 0.2) is 33.5 Å². The third-order valence-corrected chi connectivity index (χ3v) is 6.61. The SMILES string of the molecule is O=C(Cn1c(=O)oc2ccccc21)N1CCC2(CC1)CC(OCC1CC1)CCO2. The molecule has 7 heteroatoms. The Kier molecular flexibility index (Phi) is 4.95. The second kappa shape index (κ2) is 7.61. The molecular weight excluding hydrogens is 372 g/mol. The number of aromatic nitrogens is 1. The fraction of sp³-hybridized carbons (Fsp3) is 0.636. The number of likely N-dealkylation sites (tertiary alicyclic amines) is 1. The van der Waals surface area contributed by atoms with Crippen LogP contribution >= 0.6 is 0 Å². The highest BCUT2D eigenvalue weighted by molar-refractivity contribution is 5.79. The predicted octanol–water partition coefficient (Wildman–Crippen LogP) is 2.56. The number of rotatable bonds is 5. The molecule has 0 bridgehead atoms. The van der Waals surface area contributed by atoms with Gasteiger partial charge in [0.05, 0.1) is 17.2 Å². The molecule has 29 heavy (non-hydrogen) atoms. The first-order valence-corrected chi connectivity index (χ1v) is 10.7. The minimum absolute atomic E-state index is 0.0107. The maximum Gasteiger partial charge on any atom is 0.420 e. The summed E-state index contributed by atoms with van der Waals surface area (Å²) in [5, 5.41) is 0. The van der Waals surface area contributed by atoms with E-state index >= 15 is 0 Å². The molecule has 0 radical (unpaired) electrons. The molecule has 1 aromatic carbocycles. The number of hydrogen-bond acceptors (Lipinski definition) is 5. The molecule has 2 aromatic rings. The second-order valence-corrected chi connectivity index (χ2v) is 8.73. The van der Waals surface area contributed by atoms with Crippen molar-refractivity contribution in [2.24, 2.45) is 5.92 Å². The molecule has 1 unspecified atom stereocenters. The fourth-order valence-corrected chi connectivity index (χ4v) is 4.59. The van der Waals surface area contributed by atoms with E-state index in [1.807, 2.05) is 17.0 Å². The van der Waals surface area contributed by atoms with E-state index in [0.29, 0.717) is 24.2 Å². The van der Waals surface area contributed by atoms with E-state index in [9.17, 15) is 9.59 Å². The molecule has 5 rings (SSSR count). The molecule has 0 N–H and O–H groups in total. The number of piperidine rings is 1. The summed E-state index contributed by atoms with van der Waals surface area (Å²) in [4.78, 5) is 26.8. The molecular formula is C22H28N2O5. The number of nitrogens with zero attached hydrogens (tertiary/aromatic N) is 2. The zero-order valence-corrected chi connectivity index (χ0v) is 16.7. The van der Waals surface area contributed by atoms with E-state index in [1.54, 1.807) is 12.1 Å². The number of carbonyl (C=O) groups is 1. The first-order chi connectivity index (χ1) is 14.1. The van der Waals surface area contributed by atoms with E-state index in [2.05, 4.69) is 0 Å². The van der Waals surface area contributed by atoms with Gasteiger partial charge in [0.2, 0.25) is 5.91 Å². The van der Waals surface area contributed by atoms with Crippen molar-refractivity contribution in [3.63, 3.8) is 0 Å². The number of benzene rings is 1. The summed E-state index contributed by atoms with van der Waals surface area (Å²) in [6, 6.07) is 7.19. The summed E-state index contributed by atoms with van der Waals surface area (Å²) in [7, 11) is 0. The quantitative estimate of drug-likeness (QED) is 0.771. The van der Waals surface area contributed by atoms with Crippen molar-refractivity contribution in [3.05, 3.63) is 34.8 Å². The summed E-state index contributed by atoms with van der Waals surface area (Å²) >= 11 is 0. The Morgan fingerprint density at radius 1 is 1.17 bits per heavy atom. The lowest BCUT2D eigenvalue weighted by molar-refractivity contribution is -0.162. The van der Waals surface area contributed by atoms with Crippen LogP contribution in [0.4, 0.5) is 0 Å². The lowest BCUT2D eigenvalue weighted by Crippen LogP contribution is -2.52. The van der Waals surface area contributed by atoms with Gasteiger partial charge in [-0.15, -0.1) is 0 Å². The minimum Gasteiger partial charge on any atom is -0.408 e. The van der Waals surface area contributed by atoms with Gasteiger partial charge in [0.1, 0.15) is 6.54 Å². The number of oxazole rings is 1. The third kappa shape index (κ3) is 3.98. The maximum atomic E-state index is 12.8. The topological polar surface area (TPSA) is 73.9 Å². The standard InChI is InChI=1S/C22H28N2O5/c25-20(14-24-18-3-1-2-4-19(18)29-21(24)26)23-10-8-22(9-11-23)13-17(7-12-28-22)27-15-16-5-6-16/h1-4,16-17H,5-15H2. The van der Waals surface area contributed by atoms with Gasteiger partial charge in [-0.25, -0.2) is 4.79 Å². The van der Waals surface area contributed by atoms with Crippen LogP contribution in [0.25, 0.3) is 11.1 Å². The number of carbonyl (C=O) groups excluding carboxylic acids is 1. The van der Waals surface area contributed by atoms with Gasteiger partial charge in [-0.3, -0.25) is 9.36 Å². The molecule has 1 atom stereocenters. The monoisotopic (exact) mass is 400 g/mol. The minimum atomic E-state index is -0.487. The zero-order chi connectivity index (χ0) is 19.8. The Hall–Kier alpha value is -2.12. The Labute approximate surface area is 169 Å². The number of hydrogen-bond donors (Lipinski definition) is 0. The lowest BCUT2D eigenvalue weighted by atomic mass is 9.83. The summed E-state index contributed by atoms with van der Waals surface area (Å²) < 4.78 is 19.0. The van der Waals surface area contributed by atoms with Crippen molar-refractivity contribution in [3.8, 4) is 0 Å². The van der Waals surface area contributed by atoms with Crippen LogP contribution in [-0.4, -0.2) is 53.4 Å². The van der Waals surface area contributed by atoms with Gasteiger partial charge in [0.25, 0.3) is 0 Å². The molecule has 2 saturated heterocycles. The van der Waals surface area contributed by atoms with Crippen molar-refractivity contribution >= 4 is 17.0 Å². The zero-order valence-electron chi connectivity index (χ0n) is 16.7. The summed E-state index contributed by atoms with van der Waals surface area (Å²) in [5.41, 5.74) is 1.00. The first kappa shape index (κ1) is 18.9. The third-order valence-electron chi connectivity index (χ3n) is 6.61. The largest absolute Gasteiger partial charge is 0.420 e. The van der Waals surface area contributed by atoms with Gasteiger partial charge in [0, 0.05) is 32.7 Å². The van der Waals surface area contributed by atoms with E-state index in [-0.39, 0.29) is 24.2 Å². The Morgan fingerprint density at radius 2 is 1.97 bits per heavy atom. The molecule has 1 spiro atoms. The van der Waals surface area contributed by atoms with Crippen molar-refractivity contribution in [1.29, 1.82) is 0 Å². The van der Waals surface area contributed by atoms with Gasteiger partial charge in [-0.2, -0.15) is 0 Å². The summed E-state index contributed by atoms with van der Waals surface area (Å²) in [6.07, 6.45) is 6.43. The van der Waals surface area contributed by atoms with Crippen LogP contribution in [0.5, 0.6) is 0 Å². The van der Waals surface area contributed by atoms with Gasteiger partial charge in [-0.05, 0) is 50.2 Å². The predicted molar refractivity (Wildman–Crippen MR) is 107 cm³/mol. The Balaban J connectivity index is 1.19. The van der Waals surface area contributed by atoms with Crippen molar-refractivity contribution < 1.29 is 18.7 Å². The average Bonchev–Trinajstić information content (AvgIpc) is 3.51. The number of para-hydroxylation sites is 2. The first-order valence-electron chi connectivity index (χ1n) is 10.7. The highest BCUT2D eigenvalue weighted by Crippen LogP contribution is 2.37. The van der Waals surface area contributed by atoms with Crippen molar-refractivity contribution in [1.82, 2.24) is 9.47 Å². The van der Waals surface area contributed by atoms with Gasteiger partial charge >= 0.3 is 5.76 Å². The molecule has 7 nitrogen and oxygen atoms in total. The molecule has 1 aromatic heterocycles. The summed E-state index contributed by atoms with van der Waals surface area (Å²) in [5.74, 6) is 0.237. The van der Waals surface area contributed by atoms with Crippen molar-refractivity contribution in [2.45, 2.75) is 56.8 Å². The van der Waals surface area contributed by atoms with Crippen LogP contribution in [-0.2, 0) is 20.8 Å². The molecule has 1 aliphatic carbocycles. The van der Waals surface area contributed by atoms with Crippen LogP contribution < -0.4 is 5.76 Å². The van der Waals surface area contributed by atoms with Crippen LogP contribution in [0.1, 0.15) is 38.5 Å². The number of amides is 1.